The van der Waals surface area contributed by atoms with Crippen LogP contribution in [0.1, 0.15) is 47.9 Å². The van der Waals surface area contributed by atoms with E-state index in [1.807, 2.05) is 0 Å². The maximum atomic E-state index is 13.0. The van der Waals surface area contributed by atoms with Gasteiger partial charge in [-0.05, 0) is 60.4 Å². The van der Waals surface area contributed by atoms with Crippen LogP contribution in [0.2, 0.25) is 0 Å². The normalized spacial score (nSPS) is 16.1. The van der Waals surface area contributed by atoms with Crippen molar-refractivity contribution in [2.45, 2.75) is 38.8 Å². The fourth-order valence-corrected chi connectivity index (χ4v) is 3.96. The maximum Gasteiger partial charge on any atom is 0.293 e. The van der Waals surface area contributed by atoms with E-state index in [0.717, 1.165) is 25.8 Å². The molecule has 1 atom stereocenters. The Bertz CT molecular complexity index is 1290. The van der Waals surface area contributed by atoms with Crippen molar-refractivity contribution >= 4 is 23.8 Å². The number of hydrazone groups is 1. The van der Waals surface area contributed by atoms with Crippen LogP contribution in [0, 0.1) is 0 Å². The molecule has 196 valence electrons. The minimum atomic E-state index is -0.607. The first-order valence-electron chi connectivity index (χ1n) is 11.6. The Morgan fingerprint density at radius 1 is 1.30 bits per heavy atom. The second-order valence-electron chi connectivity index (χ2n) is 8.45. The molecule has 1 saturated heterocycles. The van der Waals surface area contributed by atoms with Crippen molar-refractivity contribution in [2.24, 2.45) is 10.8 Å². The molecular weight excluding hydrogens is 484 g/mol. The smallest absolute Gasteiger partial charge is 0.293 e. The summed E-state index contributed by atoms with van der Waals surface area (Å²) in [4.78, 5) is 26.2. The first-order valence-corrected chi connectivity index (χ1v) is 11.6. The summed E-state index contributed by atoms with van der Waals surface area (Å²) in [5.74, 6) is -0.275. The van der Waals surface area contributed by atoms with Crippen LogP contribution in [0.25, 0.3) is 5.82 Å². The van der Waals surface area contributed by atoms with Crippen molar-refractivity contribution in [3.05, 3.63) is 35.2 Å². The molecule has 2 amide bonds. The van der Waals surface area contributed by atoms with Crippen molar-refractivity contribution < 1.29 is 23.7 Å². The summed E-state index contributed by atoms with van der Waals surface area (Å²) in [5.41, 5.74) is 14.6. The number of hydrogen-bond donors (Lipinski definition) is 3. The Kier molecular flexibility index (Phi) is 7.92. The minimum absolute atomic E-state index is 0.0278. The summed E-state index contributed by atoms with van der Waals surface area (Å²) in [5, 5.41) is 19.6. The lowest BCUT2D eigenvalue weighted by Gasteiger charge is -2.33. The van der Waals surface area contributed by atoms with E-state index in [1.54, 1.807) is 18.2 Å². The Morgan fingerprint density at radius 3 is 2.84 bits per heavy atom. The predicted octanol–water partition coefficient (Wildman–Crippen LogP) is 0.244. The third kappa shape index (κ3) is 6.00. The summed E-state index contributed by atoms with van der Waals surface area (Å²) in [6.45, 7) is 3.13. The van der Waals surface area contributed by atoms with E-state index in [9.17, 15) is 9.59 Å². The van der Waals surface area contributed by atoms with E-state index < -0.39 is 11.8 Å². The molecule has 5 N–H and O–H groups in total. The summed E-state index contributed by atoms with van der Waals surface area (Å²) in [6, 6.07) is 5.23. The second-order valence-corrected chi connectivity index (χ2v) is 8.45. The molecule has 1 aliphatic heterocycles. The van der Waals surface area contributed by atoms with Gasteiger partial charge in [0.25, 0.3) is 11.8 Å². The Hall–Kier alpha value is -4.53. The highest BCUT2D eigenvalue weighted by Crippen LogP contribution is 2.27. The number of nitrogen functional groups attached to an aromatic ring is 1. The molecule has 4 rings (SSSR count). The SMILES string of the molecule is COc1cc(/C=N/NC(=O)c2nnn(-c3nonc3N)c2CN2CCCC[C@@H]2C)ccc1OCC(N)=O. The monoisotopic (exact) mass is 512 g/mol. The third-order valence-electron chi connectivity index (χ3n) is 5.91. The average Bonchev–Trinajstić information content (AvgIpc) is 3.49. The lowest BCUT2D eigenvalue weighted by molar-refractivity contribution is -0.119. The number of hydrogen-bond acceptors (Lipinski definition) is 12. The fourth-order valence-electron chi connectivity index (χ4n) is 3.96. The van der Waals surface area contributed by atoms with Crippen molar-refractivity contribution in [1.29, 1.82) is 0 Å². The van der Waals surface area contributed by atoms with E-state index in [-0.39, 0.29) is 23.9 Å². The zero-order valence-electron chi connectivity index (χ0n) is 20.5. The number of rotatable bonds is 10. The number of anilines is 1. The summed E-state index contributed by atoms with van der Waals surface area (Å²) < 4.78 is 16.7. The van der Waals surface area contributed by atoms with E-state index in [0.29, 0.717) is 35.3 Å². The highest BCUT2D eigenvalue weighted by molar-refractivity contribution is 5.94. The molecule has 0 spiro atoms. The van der Waals surface area contributed by atoms with Crippen LogP contribution in [-0.2, 0) is 11.3 Å². The molecule has 3 aromatic rings. The largest absolute Gasteiger partial charge is 0.493 e. The minimum Gasteiger partial charge on any atom is -0.493 e. The van der Waals surface area contributed by atoms with E-state index in [4.69, 9.17) is 25.6 Å². The molecule has 1 aliphatic rings. The van der Waals surface area contributed by atoms with Gasteiger partial charge in [0.2, 0.25) is 11.6 Å². The maximum absolute atomic E-state index is 13.0. The highest BCUT2D eigenvalue weighted by atomic mass is 16.6. The van der Waals surface area contributed by atoms with Gasteiger partial charge in [0, 0.05) is 12.6 Å². The molecule has 0 saturated carbocycles. The van der Waals surface area contributed by atoms with E-state index in [1.165, 1.54) is 18.0 Å². The van der Waals surface area contributed by atoms with Crippen LogP contribution in [0.15, 0.2) is 27.9 Å². The van der Waals surface area contributed by atoms with Crippen LogP contribution in [0.5, 0.6) is 11.5 Å². The molecule has 2 aromatic heterocycles. The summed E-state index contributed by atoms with van der Waals surface area (Å²) in [6.07, 6.45) is 4.69. The van der Waals surface area contributed by atoms with Gasteiger partial charge in [-0.2, -0.15) is 9.78 Å². The quantitative estimate of drug-likeness (QED) is 0.248. The van der Waals surface area contributed by atoms with Crippen LogP contribution in [0.3, 0.4) is 0 Å². The number of ether oxygens (including phenoxy) is 2. The Balaban J connectivity index is 1.52. The van der Waals surface area contributed by atoms with E-state index >= 15 is 0 Å². The van der Waals surface area contributed by atoms with Crippen molar-refractivity contribution in [3.63, 3.8) is 0 Å². The summed E-state index contributed by atoms with van der Waals surface area (Å²) >= 11 is 0. The first kappa shape index (κ1) is 25.6. The van der Waals surface area contributed by atoms with Gasteiger partial charge in [0.1, 0.15) is 0 Å². The molecule has 3 heterocycles. The van der Waals surface area contributed by atoms with Crippen LogP contribution in [0.4, 0.5) is 5.82 Å². The standard InChI is InChI=1S/C22H28N10O5/c1-13-5-3-4-8-31(13)11-15-19(26-30-32(15)21-20(24)28-37-29-21)22(34)27-25-10-14-6-7-16(17(9-14)35-2)36-12-18(23)33/h6-7,9-10,13H,3-5,8,11-12H2,1-2H3,(H2,23,33)(H2,24,28)(H,27,34)/b25-10+/t13-/m0/s1. The van der Waals surface area contributed by atoms with E-state index in [2.05, 4.69) is 43.0 Å². The van der Waals surface area contributed by atoms with Crippen molar-refractivity contribution in [3.8, 4) is 17.3 Å². The molecular formula is C22H28N10O5. The number of nitrogens with two attached hydrogens (primary N) is 2. The number of benzene rings is 1. The van der Waals surface area contributed by atoms with Crippen molar-refractivity contribution in [2.75, 3.05) is 26.0 Å². The number of carbonyl (C=O) groups is 2. The lowest BCUT2D eigenvalue weighted by atomic mass is 10.0. The second kappa shape index (κ2) is 11.5. The number of primary amides is 1. The molecule has 37 heavy (non-hydrogen) atoms. The molecule has 0 bridgehead atoms. The van der Waals surface area contributed by atoms with Gasteiger partial charge < -0.3 is 20.9 Å². The average molecular weight is 513 g/mol. The van der Waals surface area contributed by atoms with Gasteiger partial charge in [-0.25, -0.2) is 10.1 Å². The van der Waals surface area contributed by atoms with Crippen LogP contribution < -0.4 is 26.4 Å². The number of likely N-dealkylation sites (tertiary alicyclic amines) is 1. The number of nitrogens with zero attached hydrogens (tertiary/aromatic N) is 7. The molecule has 15 nitrogen and oxygen atoms in total. The van der Waals surface area contributed by atoms with Gasteiger partial charge >= 0.3 is 0 Å². The zero-order valence-corrected chi connectivity index (χ0v) is 20.5. The van der Waals surface area contributed by atoms with Crippen LogP contribution in [-0.4, -0.2) is 74.5 Å². The molecule has 0 unspecified atom stereocenters. The molecule has 15 heteroatoms. The van der Waals surface area contributed by atoms with Crippen LogP contribution >= 0.6 is 0 Å². The number of nitrogens with one attached hydrogen (secondary N) is 1. The van der Waals surface area contributed by atoms with Gasteiger partial charge in [0.05, 0.1) is 19.0 Å². The number of carbonyl (C=O) groups excluding carboxylic acids is 2. The predicted molar refractivity (Wildman–Crippen MR) is 130 cm³/mol. The van der Waals surface area contributed by atoms with Gasteiger partial charge in [-0.15, -0.1) is 5.10 Å². The number of piperidine rings is 1. The first-order chi connectivity index (χ1) is 17.9. The van der Waals surface area contributed by atoms with Crippen molar-refractivity contribution in [1.82, 2.24) is 35.6 Å². The summed E-state index contributed by atoms with van der Waals surface area (Å²) in [7, 11) is 1.46. The Morgan fingerprint density at radius 2 is 2.14 bits per heavy atom. The van der Waals surface area contributed by atoms with Gasteiger partial charge in [-0.3, -0.25) is 14.5 Å². The molecule has 0 aliphatic carbocycles. The third-order valence-corrected chi connectivity index (χ3v) is 5.91. The molecule has 1 aromatic carbocycles. The fraction of sp³-hybridized carbons (Fsp3) is 0.409. The molecule has 1 fully saturated rings. The highest BCUT2D eigenvalue weighted by Gasteiger charge is 2.28. The Labute approximate surface area is 211 Å². The number of amides is 2. The zero-order chi connectivity index (χ0) is 26.4. The lowest BCUT2D eigenvalue weighted by Crippen LogP contribution is -2.38. The van der Waals surface area contributed by atoms with Gasteiger partial charge in [-0.1, -0.05) is 11.6 Å². The van der Waals surface area contributed by atoms with Gasteiger partial charge in [0.15, 0.2) is 23.8 Å². The number of methoxy groups -OCH3 is 1. The molecule has 0 radical (unpaired) electrons. The number of aromatic nitrogens is 5. The topological polar surface area (TPSA) is 202 Å².